The van der Waals surface area contributed by atoms with Crippen molar-refractivity contribution < 1.29 is 4.79 Å². The molecule has 1 N–H and O–H groups in total. The Morgan fingerprint density at radius 1 is 0.912 bits per heavy atom. The molecule has 2 heterocycles. The number of aryl methyl sites for hydroxylation is 1. The van der Waals surface area contributed by atoms with Gasteiger partial charge in [-0.2, -0.15) is 0 Å². The number of nitrogens with one attached hydrogen (secondary N) is 1. The molecular formula is C26H23N5O2S. The van der Waals surface area contributed by atoms with Crippen molar-refractivity contribution in [3.05, 3.63) is 106 Å². The third kappa shape index (κ3) is 4.45. The Balaban J connectivity index is 1.45. The highest BCUT2D eigenvalue weighted by molar-refractivity contribution is 7.99. The molecule has 0 fully saturated rings. The van der Waals surface area contributed by atoms with Crippen LogP contribution in [0.15, 0.2) is 88.8 Å². The molecule has 0 aliphatic carbocycles. The summed E-state index contributed by atoms with van der Waals surface area (Å²) in [5.41, 5.74) is 3.81. The summed E-state index contributed by atoms with van der Waals surface area (Å²) in [6, 6.07) is 25.3. The fraction of sp³-hybridized carbons (Fsp3) is 0.154. The number of hydrogen-bond acceptors (Lipinski definition) is 5. The van der Waals surface area contributed by atoms with E-state index in [4.69, 9.17) is 0 Å². The molecule has 0 unspecified atom stereocenters. The highest BCUT2D eigenvalue weighted by Gasteiger charge is 2.18. The van der Waals surface area contributed by atoms with Crippen LogP contribution in [0.5, 0.6) is 0 Å². The van der Waals surface area contributed by atoms with E-state index in [9.17, 15) is 9.59 Å². The summed E-state index contributed by atoms with van der Waals surface area (Å²) in [6.07, 6.45) is 0. The van der Waals surface area contributed by atoms with Crippen LogP contribution in [0.1, 0.15) is 16.7 Å². The molecule has 0 spiro atoms. The first kappa shape index (κ1) is 21.9. The molecule has 170 valence electrons. The Bertz CT molecular complexity index is 1520. The molecule has 1 amide bonds. The third-order valence-corrected chi connectivity index (χ3v) is 6.53. The normalized spacial score (nSPS) is 11.2. The molecule has 34 heavy (non-hydrogen) atoms. The second kappa shape index (κ2) is 9.52. The maximum absolute atomic E-state index is 13.3. The zero-order valence-corrected chi connectivity index (χ0v) is 19.5. The Kier molecular flexibility index (Phi) is 6.14. The summed E-state index contributed by atoms with van der Waals surface area (Å²) in [5.74, 6) is 0.554. The number of amides is 1. The number of rotatable bonds is 7. The summed E-state index contributed by atoms with van der Waals surface area (Å²) >= 11 is 1.30. The van der Waals surface area contributed by atoms with E-state index in [0.717, 1.165) is 22.2 Å². The molecule has 0 aliphatic rings. The van der Waals surface area contributed by atoms with Gasteiger partial charge in [0.1, 0.15) is 0 Å². The number of nitrogens with zero attached hydrogens (tertiary/aromatic N) is 4. The molecule has 5 aromatic rings. The van der Waals surface area contributed by atoms with Gasteiger partial charge in [-0.25, -0.2) is 0 Å². The van der Waals surface area contributed by atoms with E-state index in [1.807, 2.05) is 90.2 Å². The number of aromatic nitrogens is 4. The first-order valence-corrected chi connectivity index (χ1v) is 11.9. The molecule has 3 aromatic carbocycles. The van der Waals surface area contributed by atoms with Gasteiger partial charge in [0.25, 0.3) is 5.56 Å². The number of para-hydroxylation sites is 1. The number of carbonyl (C=O) groups is 1. The lowest BCUT2D eigenvalue weighted by molar-refractivity contribution is -0.118. The van der Waals surface area contributed by atoms with Crippen molar-refractivity contribution in [2.24, 2.45) is 0 Å². The minimum absolute atomic E-state index is 0.0946. The molecule has 2 aromatic heterocycles. The number of hydrogen-bond donors (Lipinski definition) is 1. The van der Waals surface area contributed by atoms with E-state index in [0.29, 0.717) is 29.4 Å². The van der Waals surface area contributed by atoms with Gasteiger partial charge in [-0.05, 0) is 30.2 Å². The molecular weight excluding hydrogens is 446 g/mol. The monoisotopic (exact) mass is 469 g/mol. The largest absolute Gasteiger partial charge is 0.351 e. The van der Waals surface area contributed by atoms with Crippen LogP contribution in [-0.4, -0.2) is 30.8 Å². The third-order valence-electron chi connectivity index (χ3n) is 5.60. The first-order chi connectivity index (χ1) is 16.6. The Morgan fingerprint density at radius 3 is 2.44 bits per heavy atom. The zero-order chi connectivity index (χ0) is 23.5. The summed E-state index contributed by atoms with van der Waals surface area (Å²) < 4.78 is 3.50. The van der Waals surface area contributed by atoms with Crippen LogP contribution in [-0.2, 0) is 17.9 Å². The second-order valence-electron chi connectivity index (χ2n) is 8.06. The molecule has 0 bridgehead atoms. The molecule has 0 saturated carbocycles. The quantitative estimate of drug-likeness (QED) is 0.367. The molecule has 0 radical (unpaired) electrons. The van der Waals surface area contributed by atoms with Crippen LogP contribution < -0.4 is 10.9 Å². The van der Waals surface area contributed by atoms with Gasteiger partial charge in [-0.3, -0.25) is 18.6 Å². The Morgan fingerprint density at radius 2 is 1.65 bits per heavy atom. The highest BCUT2D eigenvalue weighted by atomic mass is 32.2. The topological polar surface area (TPSA) is 81.3 Å². The van der Waals surface area contributed by atoms with Crippen molar-refractivity contribution in [2.45, 2.75) is 25.2 Å². The van der Waals surface area contributed by atoms with Crippen molar-refractivity contribution in [1.29, 1.82) is 0 Å². The van der Waals surface area contributed by atoms with Crippen molar-refractivity contribution >= 4 is 34.3 Å². The number of fused-ring (bicyclic) bond motifs is 3. The molecule has 0 saturated heterocycles. The van der Waals surface area contributed by atoms with E-state index >= 15 is 0 Å². The van der Waals surface area contributed by atoms with Gasteiger partial charge in [0.2, 0.25) is 11.7 Å². The van der Waals surface area contributed by atoms with Crippen LogP contribution in [0.2, 0.25) is 0 Å². The zero-order valence-electron chi connectivity index (χ0n) is 18.6. The second-order valence-corrected chi connectivity index (χ2v) is 9.01. The van der Waals surface area contributed by atoms with Gasteiger partial charge in [-0.1, -0.05) is 84.1 Å². The predicted octanol–water partition coefficient (Wildman–Crippen LogP) is 3.81. The first-order valence-electron chi connectivity index (χ1n) is 11.0. The van der Waals surface area contributed by atoms with E-state index < -0.39 is 0 Å². The average Bonchev–Trinajstić information content (AvgIpc) is 3.30. The van der Waals surface area contributed by atoms with Gasteiger partial charge in [0.05, 0.1) is 23.2 Å². The summed E-state index contributed by atoms with van der Waals surface area (Å²) in [5, 5.41) is 12.7. The lowest BCUT2D eigenvalue weighted by atomic mass is 10.1. The van der Waals surface area contributed by atoms with Gasteiger partial charge in [-0.15, -0.1) is 10.2 Å². The molecule has 5 rings (SSSR count). The van der Waals surface area contributed by atoms with Crippen LogP contribution in [0.3, 0.4) is 0 Å². The van der Waals surface area contributed by atoms with Gasteiger partial charge in [0, 0.05) is 6.54 Å². The molecule has 0 aliphatic heterocycles. The average molecular weight is 470 g/mol. The number of carbonyl (C=O) groups excluding carboxylic acids is 1. The van der Waals surface area contributed by atoms with Crippen molar-refractivity contribution in [3.63, 3.8) is 0 Å². The lowest BCUT2D eigenvalue weighted by Crippen LogP contribution is -2.25. The molecule has 7 nitrogen and oxygen atoms in total. The fourth-order valence-electron chi connectivity index (χ4n) is 3.82. The number of benzene rings is 3. The van der Waals surface area contributed by atoms with E-state index in [-0.39, 0.29) is 17.2 Å². The van der Waals surface area contributed by atoms with Crippen LogP contribution >= 0.6 is 11.8 Å². The van der Waals surface area contributed by atoms with Crippen molar-refractivity contribution in [2.75, 3.05) is 5.75 Å². The Labute approximate surface area is 200 Å². The maximum Gasteiger partial charge on any atom is 0.263 e. The van der Waals surface area contributed by atoms with E-state index in [1.165, 1.54) is 11.8 Å². The minimum Gasteiger partial charge on any atom is -0.351 e. The van der Waals surface area contributed by atoms with Crippen LogP contribution in [0.4, 0.5) is 0 Å². The highest BCUT2D eigenvalue weighted by Crippen LogP contribution is 2.22. The summed E-state index contributed by atoms with van der Waals surface area (Å²) in [4.78, 5) is 25.8. The van der Waals surface area contributed by atoms with E-state index in [1.54, 1.807) is 4.57 Å². The summed E-state index contributed by atoms with van der Waals surface area (Å²) in [7, 11) is 0. The summed E-state index contributed by atoms with van der Waals surface area (Å²) in [6.45, 7) is 2.88. The molecule has 8 heteroatoms. The van der Waals surface area contributed by atoms with E-state index in [2.05, 4.69) is 15.5 Å². The van der Waals surface area contributed by atoms with Crippen molar-refractivity contribution in [1.82, 2.24) is 24.5 Å². The van der Waals surface area contributed by atoms with Gasteiger partial charge < -0.3 is 5.32 Å². The SMILES string of the molecule is Cc1ccc(Cn2c(=O)c3ccccc3n3c(SCC(=O)NCc4ccccc4)nnc23)cc1. The van der Waals surface area contributed by atoms with Crippen molar-refractivity contribution in [3.8, 4) is 0 Å². The predicted molar refractivity (Wildman–Crippen MR) is 134 cm³/mol. The smallest absolute Gasteiger partial charge is 0.263 e. The number of thioether (sulfide) groups is 1. The van der Waals surface area contributed by atoms with Gasteiger partial charge >= 0.3 is 0 Å². The lowest BCUT2D eigenvalue weighted by Gasteiger charge is -2.11. The van der Waals surface area contributed by atoms with Gasteiger partial charge in [0.15, 0.2) is 5.16 Å². The Hall–Kier alpha value is -3.91. The standard InChI is InChI=1S/C26H23N5O2S/c1-18-11-13-20(14-12-18)16-30-24(33)21-9-5-6-10-22(21)31-25(30)28-29-26(31)34-17-23(32)27-15-19-7-3-2-4-8-19/h2-14H,15-17H2,1H3,(H,27,32). The minimum atomic E-state index is -0.117. The van der Waals surface area contributed by atoms with Crippen LogP contribution in [0, 0.1) is 6.92 Å². The maximum atomic E-state index is 13.3. The fourth-order valence-corrected chi connectivity index (χ4v) is 4.59. The van der Waals surface area contributed by atoms with Crippen LogP contribution in [0.25, 0.3) is 16.7 Å². The molecule has 0 atom stereocenters.